The lowest BCUT2D eigenvalue weighted by Gasteiger charge is -2.34. The molecule has 172 valence electrons. The summed E-state index contributed by atoms with van der Waals surface area (Å²) in [6.07, 6.45) is 1.61. The number of carbonyl (C=O) groups is 2. The van der Waals surface area contributed by atoms with Crippen molar-refractivity contribution >= 4 is 28.3 Å². The summed E-state index contributed by atoms with van der Waals surface area (Å²) in [6.45, 7) is 7.66. The van der Waals surface area contributed by atoms with E-state index in [-0.39, 0.29) is 35.8 Å². The fourth-order valence-corrected chi connectivity index (χ4v) is 5.11. The van der Waals surface area contributed by atoms with E-state index in [2.05, 4.69) is 29.0 Å². The average molecular weight is 461 g/mol. The van der Waals surface area contributed by atoms with Gasteiger partial charge in [-0.1, -0.05) is 0 Å². The predicted molar refractivity (Wildman–Crippen MR) is 121 cm³/mol. The number of aromatic nitrogens is 1. The van der Waals surface area contributed by atoms with Crippen LogP contribution in [0.1, 0.15) is 42.7 Å². The Morgan fingerprint density at radius 2 is 1.81 bits per heavy atom. The summed E-state index contributed by atoms with van der Waals surface area (Å²) < 4.78 is 18.9. The zero-order valence-corrected chi connectivity index (χ0v) is 19.2. The number of nitrogens with zero attached hydrogens (tertiary/aromatic N) is 3. The molecule has 0 spiro atoms. The van der Waals surface area contributed by atoms with E-state index in [0.717, 1.165) is 25.3 Å². The number of ether oxygens (including phenoxy) is 1. The summed E-state index contributed by atoms with van der Waals surface area (Å²) >= 11 is 1.44. The highest BCUT2D eigenvalue weighted by molar-refractivity contribution is 7.13. The third kappa shape index (κ3) is 5.70. The monoisotopic (exact) mass is 460 g/mol. The van der Waals surface area contributed by atoms with E-state index in [0.29, 0.717) is 36.6 Å². The largest absolute Gasteiger partial charge is 0.373 e. The van der Waals surface area contributed by atoms with Crippen LogP contribution in [0.2, 0.25) is 0 Å². The molecular weight excluding hydrogens is 431 g/mol. The minimum Gasteiger partial charge on any atom is -0.373 e. The first-order valence-corrected chi connectivity index (χ1v) is 11.9. The normalized spacial score (nSPS) is 22.7. The number of rotatable bonds is 5. The minimum atomic E-state index is -0.365. The summed E-state index contributed by atoms with van der Waals surface area (Å²) in [7, 11) is 0. The number of hydrogen-bond acceptors (Lipinski definition) is 6. The lowest BCUT2D eigenvalue weighted by atomic mass is 9.95. The van der Waals surface area contributed by atoms with Crippen LogP contribution in [0.15, 0.2) is 29.6 Å². The number of amides is 2. The van der Waals surface area contributed by atoms with Gasteiger partial charge in [0.15, 0.2) is 5.13 Å². The number of thiazole rings is 1. The van der Waals surface area contributed by atoms with Crippen molar-refractivity contribution in [2.45, 2.75) is 45.4 Å². The summed E-state index contributed by atoms with van der Waals surface area (Å²) in [5.74, 6) is -0.689. The maximum Gasteiger partial charge on any atom is 0.253 e. The van der Waals surface area contributed by atoms with E-state index >= 15 is 0 Å². The van der Waals surface area contributed by atoms with Crippen molar-refractivity contribution < 1.29 is 18.7 Å². The second kappa shape index (κ2) is 10.1. The fraction of sp³-hybridized carbons (Fsp3) is 0.522. The first-order valence-electron chi connectivity index (χ1n) is 11.1. The highest BCUT2D eigenvalue weighted by atomic mass is 32.1. The molecule has 2 fully saturated rings. The van der Waals surface area contributed by atoms with Crippen molar-refractivity contribution in [1.82, 2.24) is 14.8 Å². The third-order valence-corrected chi connectivity index (χ3v) is 6.71. The van der Waals surface area contributed by atoms with Gasteiger partial charge in [0.05, 0.1) is 17.9 Å². The van der Waals surface area contributed by atoms with Gasteiger partial charge in [-0.2, -0.15) is 0 Å². The maximum absolute atomic E-state index is 13.1. The SMILES string of the molecule is CC1CN(Cc2csc(NC(=O)C3CCN(C(=O)c4ccc(F)cc4)CC3)n2)CC(C)O1. The Balaban J connectivity index is 1.25. The van der Waals surface area contributed by atoms with Gasteiger partial charge in [-0.15, -0.1) is 11.3 Å². The molecule has 2 atom stereocenters. The van der Waals surface area contributed by atoms with Gasteiger partial charge < -0.3 is 15.0 Å². The molecule has 0 radical (unpaired) electrons. The molecule has 9 heteroatoms. The maximum atomic E-state index is 13.1. The van der Waals surface area contributed by atoms with Crippen LogP contribution in [0, 0.1) is 11.7 Å². The molecule has 1 aromatic carbocycles. The number of halogens is 1. The molecule has 2 saturated heterocycles. The van der Waals surface area contributed by atoms with E-state index in [1.54, 1.807) is 4.90 Å². The first kappa shape index (κ1) is 22.8. The lowest BCUT2D eigenvalue weighted by Crippen LogP contribution is -2.44. The van der Waals surface area contributed by atoms with Crippen LogP contribution in [0.5, 0.6) is 0 Å². The molecule has 2 aliphatic heterocycles. The summed E-state index contributed by atoms with van der Waals surface area (Å²) in [6, 6.07) is 5.56. The van der Waals surface area contributed by atoms with Crippen LogP contribution in [-0.2, 0) is 16.1 Å². The Hall–Kier alpha value is -2.36. The van der Waals surface area contributed by atoms with Gasteiger partial charge in [-0.05, 0) is 51.0 Å². The molecule has 0 aliphatic carbocycles. The summed E-state index contributed by atoms with van der Waals surface area (Å²) in [5.41, 5.74) is 1.42. The number of nitrogens with one attached hydrogen (secondary N) is 1. The molecular formula is C23H29FN4O3S. The topological polar surface area (TPSA) is 74.8 Å². The predicted octanol–water partition coefficient (Wildman–Crippen LogP) is 3.38. The molecule has 4 rings (SSSR count). The molecule has 2 amide bonds. The molecule has 1 N–H and O–H groups in total. The Labute approximate surface area is 191 Å². The van der Waals surface area contributed by atoms with E-state index in [1.807, 2.05) is 5.38 Å². The average Bonchev–Trinajstić information content (AvgIpc) is 3.19. The van der Waals surface area contributed by atoms with Gasteiger partial charge in [0.1, 0.15) is 5.82 Å². The number of morpholine rings is 1. The molecule has 0 bridgehead atoms. The second-order valence-corrected chi connectivity index (χ2v) is 9.52. The number of carbonyl (C=O) groups excluding carboxylic acids is 2. The van der Waals surface area contributed by atoms with Crippen LogP contribution < -0.4 is 5.32 Å². The van der Waals surface area contributed by atoms with Crippen LogP contribution >= 0.6 is 11.3 Å². The van der Waals surface area contributed by atoms with Crippen molar-refractivity contribution in [3.05, 3.63) is 46.7 Å². The molecule has 32 heavy (non-hydrogen) atoms. The number of anilines is 1. The minimum absolute atomic E-state index is 0.0478. The van der Waals surface area contributed by atoms with Gasteiger partial charge in [0.25, 0.3) is 5.91 Å². The summed E-state index contributed by atoms with van der Waals surface area (Å²) in [5, 5.41) is 5.55. The highest BCUT2D eigenvalue weighted by Crippen LogP contribution is 2.23. The van der Waals surface area contributed by atoms with E-state index in [4.69, 9.17) is 4.74 Å². The van der Waals surface area contributed by atoms with E-state index in [1.165, 1.54) is 35.6 Å². The standard InChI is InChI=1S/C23H29FN4O3S/c1-15-11-27(12-16(2)31-15)13-20-14-32-23(25-20)26-21(29)17-7-9-28(10-8-17)22(30)18-3-5-19(24)6-4-18/h3-6,14-17H,7-13H2,1-2H3,(H,25,26,29). The number of piperidine rings is 1. The zero-order chi connectivity index (χ0) is 22.7. The van der Waals surface area contributed by atoms with Crippen LogP contribution in [-0.4, -0.2) is 65.0 Å². The van der Waals surface area contributed by atoms with Crippen molar-refractivity contribution in [2.24, 2.45) is 5.92 Å². The summed E-state index contributed by atoms with van der Waals surface area (Å²) in [4.78, 5) is 33.9. The number of benzene rings is 1. The number of likely N-dealkylation sites (tertiary alicyclic amines) is 1. The van der Waals surface area contributed by atoms with Crippen LogP contribution in [0.25, 0.3) is 0 Å². The zero-order valence-electron chi connectivity index (χ0n) is 18.4. The van der Waals surface area contributed by atoms with E-state index < -0.39 is 0 Å². The van der Waals surface area contributed by atoms with Crippen molar-refractivity contribution in [1.29, 1.82) is 0 Å². The first-order chi connectivity index (χ1) is 15.4. The third-order valence-electron chi connectivity index (χ3n) is 5.91. The second-order valence-electron chi connectivity index (χ2n) is 8.66. The van der Waals surface area contributed by atoms with Crippen molar-refractivity contribution in [3.63, 3.8) is 0 Å². The Bertz CT molecular complexity index is 933. The fourth-order valence-electron chi connectivity index (χ4n) is 4.41. The molecule has 3 heterocycles. The Kier molecular flexibility index (Phi) is 7.17. The molecule has 2 aliphatic rings. The van der Waals surface area contributed by atoms with Crippen LogP contribution in [0.4, 0.5) is 9.52 Å². The van der Waals surface area contributed by atoms with Crippen molar-refractivity contribution in [2.75, 3.05) is 31.5 Å². The van der Waals surface area contributed by atoms with Gasteiger partial charge in [-0.25, -0.2) is 9.37 Å². The molecule has 2 unspecified atom stereocenters. The van der Waals surface area contributed by atoms with E-state index in [9.17, 15) is 14.0 Å². The number of hydrogen-bond donors (Lipinski definition) is 1. The van der Waals surface area contributed by atoms with Crippen molar-refractivity contribution in [3.8, 4) is 0 Å². The van der Waals surface area contributed by atoms with Gasteiger partial charge in [0.2, 0.25) is 5.91 Å². The smallest absolute Gasteiger partial charge is 0.253 e. The molecule has 7 nitrogen and oxygen atoms in total. The van der Waals surface area contributed by atoms with Gasteiger partial charge in [-0.3, -0.25) is 14.5 Å². The Morgan fingerprint density at radius 3 is 2.47 bits per heavy atom. The Morgan fingerprint density at radius 1 is 1.16 bits per heavy atom. The van der Waals surface area contributed by atoms with Gasteiger partial charge >= 0.3 is 0 Å². The molecule has 1 aromatic heterocycles. The molecule has 0 saturated carbocycles. The highest BCUT2D eigenvalue weighted by Gasteiger charge is 2.28. The van der Waals surface area contributed by atoms with Gasteiger partial charge in [0, 0.05) is 49.6 Å². The lowest BCUT2D eigenvalue weighted by molar-refractivity contribution is -0.121. The molecule has 2 aromatic rings. The quantitative estimate of drug-likeness (QED) is 0.741. The van der Waals surface area contributed by atoms with Crippen LogP contribution in [0.3, 0.4) is 0 Å².